The maximum atomic E-state index is 12.3. The van der Waals surface area contributed by atoms with Gasteiger partial charge in [-0.15, -0.1) is 0 Å². The number of rotatable bonds is 4. The first kappa shape index (κ1) is 25.3. The molecule has 34 heavy (non-hydrogen) atoms. The van der Waals surface area contributed by atoms with Gasteiger partial charge in [0.2, 0.25) is 0 Å². The molecule has 8 heteroatoms. The molecular formula is C26H41BN2O5. The summed E-state index contributed by atoms with van der Waals surface area (Å²) < 4.78 is 24.2. The van der Waals surface area contributed by atoms with Crippen LogP contribution in [0.1, 0.15) is 67.7 Å². The predicted molar refractivity (Wildman–Crippen MR) is 135 cm³/mol. The van der Waals surface area contributed by atoms with Crippen molar-refractivity contribution < 1.29 is 23.6 Å². The molecule has 0 bridgehead atoms. The van der Waals surface area contributed by atoms with Crippen LogP contribution in [0.5, 0.6) is 0 Å². The van der Waals surface area contributed by atoms with Crippen molar-refractivity contribution in [2.45, 2.75) is 96.7 Å². The van der Waals surface area contributed by atoms with Crippen LogP contribution in [0.25, 0.3) is 0 Å². The smallest absolute Gasteiger partial charge is 0.444 e. The Morgan fingerprint density at radius 3 is 2.06 bits per heavy atom. The van der Waals surface area contributed by atoms with E-state index in [-0.39, 0.29) is 36.6 Å². The lowest BCUT2D eigenvalue weighted by Gasteiger charge is -2.34. The van der Waals surface area contributed by atoms with Gasteiger partial charge in [-0.3, -0.25) is 0 Å². The van der Waals surface area contributed by atoms with Gasteiger partial charge in [0.05, 0.1) is 30.0 Å². The molecule has 3 aliphatic rings. The van der Waals surface area contributed by atoms with Crippen LogP contribution < -0.4 is 10.4 Å². The summed E-state index contributed by atoms with van der Waals surface area (Å²) in [5, 5.41) is 0. The highest BCUT2D eigenvalue weighted by Crippen LogP contribution is 2.36. The van der Waals surface area contributed by atoms with Crippen molar-refractivity contribution in [3.63, 3.8) is 0 Å². The van der Waals surface area contributed by atoms with Crippen LogP contribution in [0.3, 0.4) is 0 Å². The number of hydrogen-bond acceptors (Lipinski definition) is 6. The molecule has 0 radical (unpaired) electrons. The van der Waals surface area contributed by atoms with E-state index in [2.05, 4.69) is 56.9 Å². The molecule has 3 fully saturated rings. The Labute approximate surface area is 205 Å². The number of anilines is 1. The monoisotopic (exact) mass is 472 g/mol. The minimum atomic E-state index is -0.467. The van der Waals surface area contributed by atoms with Crippen LogP contribution in [0, 0.1) is 0 Å². The van der Waals surface area contributed by atoms with Crippen LogP contribution in [-0.2, 0) is 18.8 Å². The van der Waals surface area contributed by atoms with E-state index < -0.39 is 5.60 Å². The van der Waals surface area contributed by atoms with Crippen LogP contribution in [0.2, 0.25) is 0 Å². The summed E-state index contributed by atoms with van der Waals surface area (Å²) in [7, 11) is -0.329. The van der Waals surface area contributed by atoms with Crippen LogP contribution in [0.15, 0.2) is 24.3 Å². The molecule has 0 spiro atoms. The minimum Gasteiger partial charge on any atom is -0.444 e. The highest BCUT2D eigenvalue weighted by atomic mass is 16.7. The maximum Gasteiger partial charge on any atom is 0.494 e. The largest absolute Gasteiger partial charge is 0.494 e. The SMILES string of the molecule is CC(C)(C)OC(=O)N1CCC(OC2CCN(c3ccc(B4OC(C)(C)C(C)(C)O4)cc3)CC2)C1. The van der Waals surface area contributed by atoms with Gasteiger partial charge in [-0.2, -0.15) is 0 Å². The summed E-state index contributed by atoms with van der Waals surface area (Å²) in [5.74, 6) is 0. The molecule has 1 unspecified atom stereocenters. The summed E-state index contributed by atoms with van der Waals surface area (Å²) in [6.07, 6.45) is 2.95. The average Bonchev–Trinajstić information content (AvgIpc) is 3.29. The minimum absolute atomic E-state index is 0.100. The Balaban J connectivity index is 1.23. The lowest BCUT2D eigenvalue weighted by atomic mass is 9.79. The number of amides is 1. The zero-order valence-corrected chi connectivity index (χ0v) is 21.9. The summed E-state index contributed by atoms with van der Waals surface area (Å²) >= 11 is 0. The second kappa shape index (κ2) is 9.36. The molecule has 3 aliphatic heterocycles. The number of ether oxygens (including phenoxy) is 2. The fourth-order valence-electron chi connectivity index (χ4n) is 4.68. The Bertz CT molecular complexity index is 843. The van der Waals surface area contributed by atoms with Crippen molar-refractivity contribution in [1.29, 1.82) is 0 Å². The number of likely N-dealkylation sites (tertiary alicyclic amines) is 1. The van der Waals surface area contributed by atoms with Crippen molar-refractivity contribution >= 4 is 24.4 Å². The van der Waals surface area contributed by atoms with Gasteiger partial charge in [-0.1, -0.05) is 12.1 Å². The van der Waals surface area contributed by atoms with Gasteiger partial charge in [0, 0.05) is 25.3 Å². The molecule has 1 atom stereocenters. The fourth-order valence-corrected chi connectivity index (χ4v) is 4.68. The fraction of sp³-hybridized carbons (Fsp3) is 0.731. The molecule has 0 N–H and O–H groups in total. The summed E-state index contributed by atoms with van der Waals surface area (Å²) in [5.41, 5.74) is 1.14. The zero-order valence-electron chi connectivity index (χ0n) is 21.9. The summed E-state index contributed by atoms with van der Waals surface area (Å²) in [6, 6.07) is 8.56. The van der Waals surface area contributed by atoms with Gasteiger partial charge in [0.15, 0.2) is 0 Å². The number of piperidine rings is 1. The van der Waals surface area contributed by atoms with E-state index in [0.29, 0.717) is 13.1 Å². The number of carbonyl (C=O) groups is 1. The van der Waals surface area contributed by atoms with Crippen LogP contribution in [0.4, 0.5) is 10.5 Å². The normalized spacial score (nSPS) is 25.1. The van der Waals surface area contributed by atoms with Crippen LogP contribution >= 0.6 is 0 Å². The third-order valence-corrected chi connectivity index (χ3v) is 7.41. The van der Waals surface area contributed by atoms with Crippen molar-refractivity contribution in [3.05, 3.63) is 24.3 Å². The molecule has 4 rings (SSSR count). The van der Waals surface area contributed by atoms with E-state index in [1.807, 2.05) is 20.8 Å². The molecular weight excluding hydrogens is 431 g/mol. The third kappa shape index (κ3) is 5.72. The highest BCUT2D eigenvalue weighted by molar-refractivity contribution is 6.62. The highest BCUT2D eigenvalue weighted by Gasteiger charge is 2.51. The standard InChI is InChI=1S/C26H41BN2O5/c1-24(2,3)32-23(30)29-17-14-22(18-29)31-21-12-15-28(16-13-21)20-10-8-19(9-11-20)27-33-25(4,5)26(6,7)34-27/h8-11,21-22H,12-18H2,1-7H3. The summed E-state index contributed by atoms with van der Waals surface area (Å²) in [6.45, 7) is 17.2. The van der Waals surface area contributed by atoms with Crippen molar-refractivity contribution in [1.82, 2.24) is 4.90 Å². The molecule has 0 aromatic heterocycles. The Morgan fingerprint density at radius 1 is 0.941 bits per heavy atom. The van der Waals surface area contributed by atoms with Gasteiger partial charge in [-0.25, -0.2) is 4.79 Å². The van der Waals surface area contributed by atoms with Crippen LogP contribution in [-0.4, -0.2) is 73.3 Å². The number of nitrogens with zero attached hydrogens (tertiary/aromatic N) is 2. The van der Waals surface area contributed by atoms with E-state index in [1.165, 1.54) is 5.69 Å². The number of carbonyl (C=O) groups excluding carboxylic acids is 1. The summed E-state index contributed by atoms with van der Waals surface area (Å²) in [4.78, 5) is 16.5. The molecule has 1 aromatic rings. The lowest BCUT2D eigenvalue weighted by molar-refractivity contribution is -0.0208. The molecule has 3 heterocycles. The van der Waals surface area contributed by atoms with Gasteiger partial charge >= 0.3 is 13.2 Å². The van der Waals surface area contributed by atoms with E-state index in [1.54, 1.807) is 4.90 Å². The van der Waals surface area contributed by atoms with E-state index in [0.717, 1.165) is 37.8 Å². The van der Waals surface area contributed by atoms with Crippen molar-refractivity contribution in [2.75, 3.05) is 31.1 Å². The molecule has 0 saturated carbocycles. The number of benzene rings is 1. The zero-order chi connectivity index (χ0) is 24.7. The molecule has 3 saturated heterocycles. The first-order valence-corrected chi connectivity index (χ1v) is 12.7. The van der Waals surface area contributed by atoms with E-state index in [9.17, 15) is 4.79 Å². The van der Waals surface area contributed by atoms with Gasteiger partial charge in [0.25, 0.3) is 0 Å². The predicted octanol–water partition coefficient (Wildman–Crippen LogP) is 3.98. The second-order valence-corrected chi connectivity index (χ2v) is 11.8. The van der Waals surface area contributed by atoms with E-state index in [4.69, 9.17) is 18.8 Å². The lowest BCUT2D eigenvalue weighted by Crippen LogP contribution is -2.41. The first-order valence-electron chi connectivity index (χ1n) is 12.7. The molecule has 1 aromatic carbocycles. The molecule has 0 aliphatic carbocycles. The van der Waals surface area contributed by atoms with Crippen molar-refractivity contribution in [2.24, 2.45) is 0 Å². The Kier molecular flexibility index (Phi) is 6.97. The van der Waals surface area contributed by atoms with Gasteiger partial charge in [0.1, 0.15) is 5.60 Å². The molecule has 188 valence electrons. The maximum absolute atomic E-state index is 12.3. The first-order chi connectivity index (χ1) is 15.8. The quantitative estimate of drug-likeness (QED) is 0.618. The second-order valence-electron chi connectivity index (χ2n) is 11.8. The van der Waals surface area contributed by atoms with Gasteiger partial charge < -0.3 is 28.6 Å². The Hall–Kier alpha value is -1.77. The van der Waals surface area contributed by atoms with E-state index >= 15 is 0 Å². The molecule has 7 nitrogen and oxygen atoms in total. The number of hydrogen-bond donors (Lipinski definition) is 0. The topological polar surface area (TPSA) is 60.5 Å². The average molecular weight is 472 g/mol. The molecule has 1 amide bonds. The third-order valence-electron chi connectivity index (χ3n) is 7.41. The Morgan fingerprint density at radius 2 is 1.50 bits per heavy atom. The van der Waals surface area contributed by atoms with Crippen molar-refractivity contribution in [3.8, 4) is 0 Å². The van der Waals surface area contributed by atoms with Gasteiger partial charge in [-0.05, 0) is 85.3 Å².